The summed E-state index contributed by atoms with van der Waals surface area (Å²) in [7, 11) is -1.18. The van der Waals surface area contributed by atoms with Crippen molar-refractivity contribution >= 4 is 29.5 Å². The second-order valence-electron chi connectivity index (χ2n) is 11.4. The fraction of sp³-hybridized carbons (Fsp3) is 0.429. The summed E-state index contributed by atoms with van der Waals surface area (Å²) in [4.78, 5) is 13.8. The van der Waals surface area contributed by atoms with Crippen molar-refractivity contribution in [3.05, 3.63) is 76.1 Å². The van der Waals surface area contributed by atoms with Crippen molar-refractivity contribution in [3.8, 4) is 10.4 Å². The molecule has 1 unspecified atom stereocenters. The third-order valence-corrected chi connectivity index (χ3v) is 9.63. The van der Waals surface area contributed by atoms with Crippen molar-refractivity contribution in [2.45, 2.75) is 70.3 Å². The van der Waals surface area contributed by atoms with Gasteiger partial charge in [-0.1, -0.05) is 50.0 Å². The summed E-state index contributed by atoms with van der Waals surface area (Å²) < 4.78 is 49.7. The molecule has 0 fully saturated rings. The van der Waals surface area contributed by atoms with Crippen LogP contribution in [0.2, 0.25) is 25.7 Å². The van der Waals surface area contributed by atoms with E-state index in [-0.39, 0.29) is 12.4 Å². The lowest BCUT2D eigenvalue weighted by molar-refractivity contribution is -0.145. The molecule has 1 aliphatic carbocycles. The molecule has 3 heterocycles. The van der Waals surface area contributed by atoms with E-state index in [1.165, 1.54) is 11.3 Å². The fourth-order valence-corrected chi connectivity index (χ4v) is 6.55. The van der Waals surface area contributed by atoms with Crippen molar-refractivity contribution < 1.29 is 22.7 Å². The maximum Gasteiger partial charge on any atom is 0.354 e. The van der Waals surface area contributed by atoms with Gasteiger partial charge in [-0.15, -0.1) is 11.3 Å². The highest BCUT2D eigenvalue weighted by Gasteiger charge is 2.50. The molecule has 38 heavy (non-hydrogen) atoms. The van der Waals surface area contributed by atoms with Gasteiger partial charge >= 0.3 is 5.63 Å². The van der Waals surface area contributed by atoms with Crippen molar-refractivity contribution in [3.63, 3.8) is 0 Å². The minimum absolute atomic E-state index is 0.128. The molecule has 0 spiro atoms. The van der Waals surface area contributed by atoms with Gasteiger partial charge in [-0.2, -0.15) is 5.10 Å². The average Bonchev–Trinajstić information content (AvgIpc) is 3.49. The predicted molar refractivity (Wildman–Crippen MR) is 148 cm³/mol. The molecule has 4 aromatic rings. The predicted octanol–water partition coefficient (Wildman–Crippen LogP) is 7.04. The third kappa shape index (κ3) is 5.83. The number of aromatic nitrogens is 2. The summed E-state index contributed by atoms with van der Waals surface area (Å²) in [6.45, 7) is 9.61. The monoisotopic (exact) mass is 558 g/mol. The normalized spacial score (nSPS) is 19.1. The molecule has 1 aromatic carbocycles. The molecule has 10 heteroatoms. The van der Waals surface area contributed by atoms with Crippen LogP contribution in [0.15, 0.2) is 58.0 Å². The topological polar surface area (TPSA) is 66.5 Å². The first-order valence-electron chi connectivity index (χ1n) is 12.7. The van der Waals surface area contributed by atoms with Crippen molar-refractivity contribution in [1.29, 1.82) is 0 Å². The number of thiophene rings is 1. The standard InChI is InChI=1S/C28H32F2N2O4SSi/c1-27(35-16-19-8-6-5-7-9-19)17-28(29,30)13-22-21-12-23(37-24(21)26(33)36-25(22)27)20-14-31-32(15-20)18-34-10-11-38(2,3)4/h5-9,12,14-15H,10-11,13,16-18H2,1-4H3. The van der Waals surface area contributed by atoms with Gasteiger partial charge in [0, 0.05) is 55.1 Å². The van der Waals surface area contributed by atoms with Crippen LogP contribution in [0.25, 0.3) is 20.5 Å². The summed E-state index contributed by atoms with van der Waals surface area (Å²) in [5, 5.41) is 4.86. The molecular formula is C28H32F2N2O4SSi. The minimum atomic E-state index is -3.01. The highest BCUT2D eigenvalue weighted by molar-refractivity contribution is 7.22. The highest BCUT2D eigenvalue weighted by atomic mass is 32.1. The van der Waals surface area contributed by atoms with E-state index < -0.39 is 38.1 Å². The largest absolute Gasteiger partial charge is 0.423 e. The number of rotatable bonds is 9. The van der Waals surface area contributed by atoms with Crippen LogP contribution in [0, 0.1) is 0 Å². The van der Waals surface area contributed by atoms with Gasteiger partial charge in [-0.25, -0.2) is 18.3 Å². The number of nitrogens with zero attached hydrogens (tertiary/aromatic N) is 2. The Kier molecular flexibility index (Phi) is 7.19. The molecule has 6 nitrogen and oxygen atoms in total. The fourth-order valence-electron chi connectivity index (χ4n) is 4.76. The van der Waals surface area contributed by atoms with Gasteiger partial charge < -0.3 is 13.9 Å². The van der Waals surface area contributed by atoms with Gasteiger partial charge in [0.05, 0.1) is 12.8 Å². The maximum atomic E-state index is 15.1. The van der Waals surface area contributed by atoms with Gasteiger partial charge in [-0.3, -0.25) is 0 Å². The maximum absolute atomic E-state index is 15.1. The zero-order valence-corrected chi connectivity index (χ0v) is 23.9. The molecule has 1 aliphatic rings. The van der Waals surface area contributed by atoms with Crippen LogP contribution in [-0.4, -0.2) is 30.4 Å². The smallest absolute Gasteiger partial charge is 0.354 e. The van der Waals surface area contributed by atoms with E-state index in [0.29, 0.717) is 29.0 Å². The SMILES string of the molecule is CC1(OCc2ccccc2)CC(F)(F)Cc2c1oc(=O)c1sc(-c3cnn(COCC[Si](C)(C)C)c3)cc21. The van der Waals surface area contributed by atoms with E-state index in [1.54, 1.807) is 23.9 Å². The molecule has 202 valence electrons. The zero-order chi connectivity index (χ0) is 27.1. The lowest BCUT2D eigenvalue weighted by atomic mass is 9.81. The zero-order valence-electron chi connectivity index (χ0n) is 22.1. The molecule has 0 amide bonds. The lowest BCUT2D eigenvalue weighted by Crippen LogP contribution is -2.41. The van der Waals surface area contributed by atoms with Gasteiger partial charge in [0.25, 0.3) is 5.92 Å². The molecule has 3 aromatic heterocycles. The highest BCUT2D eigenvalue weighted by Crippen LogP contribution is 2.48. The first-order valence-corrected chi connectivity index (χ1v) is 17.2. The van der Waals surface area contributed by atoms with Crippen LogP contribution in [0.3, 0.4) is 0 Å². The van der Waals surface area contributed by atoms with Crippen LogP contribution in [0.1, 0.15) is 30.2 Å². The van der Waals surface area contributed by atoms with Crippen molar-refractivity contribution in [2.75, 3.05) is 6.61 Å². The second-order valence-corrected chi connectivity index (χ2v) is 18.1. The molecule has 5 rings (SSSR count). The Hall–Kier alpha value is -2.66. The van der Waals surface area contributed by atoms with Crippen LogP contribution in [0.4, 0.5) is 8.78 Å². The Bertz CT molecular complexity index is 1490. The summed E-state index contributed by atoms with van der Waals surface area (Å²) in [6.07, 6.45) is 2.47. The minimum Gasteiger partial charge on any atom is -0.423 e. The number of ether oxygens (including phenoxy) is 2. The van der Waals surface area contributed by atoms with Gasteiger partial charge in [-0.05, 0) is 24.6 Å². The summed E-state index contributed by atoms with van der Waals surface area (Å²) in [5.74, 6) is -2.82. The van der Waals surface area contributed by atoms with Crippen molar-refractivity contribution in [2.24, 2.45) is 0 Å². The first-order chi connectivity index (χ1) is 17.9. The number of halogens is 2. The van der Waals surface area contributed by atoms with Crippen LogP contribution in [-0.2, 0) is 34.8 Å². The number of alkyl halides is 2. The van der Waals surface area contributed by atoms with Crippen molar-refractivity contribution in [1.82, 2.24) is 9.78 Å². The average molecular weight is 559 g/mol. The molecule has 1 atom stereocenters. The molecule has 0 aliphatic heterocycles. The van der Waals surface area contributed by atoms with Gasteiger partial charge in [0.1, 0.15) is 22.8 Å². The quantitative estimate of drug-likeness (QED) is 0.163. The van der Waals surface area contributed by atoms with E-state index in [0.717, 1.165) is 22.0 Å². The van der Waals surface area contributed by atoms with E-state index in [1.807, 2.05) is 36.5 Å². The summed E-state index contributed by atoms with van der Waals surface area (Å²) in [6, 6.07) is 12.2. The van der Waals surface area contributed by atoms with Gasteiger partial charge in [0.15, 0.2) is 0 Å². The summed E-state index contributed by atoms with van der Waals surface area (Å²) in [5.41, 5.74) is -0.0148. The Morgan fingerprint density at radius 3 is 2.71 bits per heavy atom. The molecular weight excluding hydrogens is 526 g/mol. The Balaban J connectivity index is 1.44. The van der Waals surface area contributed by atoms with Crippen LogP contribution < -0.4 is 5.63 Å². The van der Waals surface area contributed by atoms with E-state index in [2.05, 4.69) is 24.7 Å². The van der Waals surface area contributed by atoms with Crippen LogP contribution in [0.5, 0.6) is 0 Å². The van der Waals surface area contributed by atoms with Crippen LogP contribution >= 0.6 is 11.3 Å². The van der Waals surface area contributed by atoms with E-state index in [9.17, 15) is 4.79 Å². The van der Waals surface area contributed by atoms with E-state index >= 15 is 8.78 Å². The van der Waals surface area contributed by atoms with Gasteiger partial charge in [0.2, 0.25) is 0 Å². The number of benzene rings is 1. The Labute approximate surface area is 225 Å². The molecule has 0 bridgehead atoms. The molecule has 0 N–H and O–H groups in total. The molecule has 0 saturated carbocycles. The third-order valence-electron chi connectivity index (χ3n) is 6.76. The molecule has 0 radical (unpaired) electrons. The number of fused-ring (bicyclic) bond motifs is 3. The first kappa shape index (κ1) is 26.9. The Morgan fingerprint density at radius 1 is 1.21 bits per heavy atom. The number of hydrogen-bond acceptors (Lipinski definition) is 6. The molecule has 0 saturated heterocycles. The lowest BCUT2D eigenvalue weighted by Gasteiger charge is -2.38. The van der Waals surface area contributed by atoms with E-state index in [4.69, 9.17) is 13.9 Å². The second kappa shape index (κ2) is 10.1. The Morgan fingerprint density at radius 2 is 1.97 bits per heavy atom. The number of hydrogen-bond donors (Lipinski definition) is 0. The summed E-state index contributed by atoms with van der Waals surface area (Å²) >= 11 is 1.22.